The Morgan fingerprint density at radius 2 is 2.00 bits per heavy atom. The average molecular weight is 209 g/mol. The van der Waals surface area contributed by atoms with Crippen molar-refractivity contribution in [2.45, 2.75) is 12.7 Å². The van der Waals surface area contributed by atoms with Gasteiger partial charge in [-0.1, -0.05) is 0 Å². The summed E-state index contributed by atoms with van der Waals surface area (Å²) < 4.78 is 33.9. The van der Waals surface area contributed by atoms with E-state index in [4.69, 9.17) is 9.47 Å². The zero-order valence-corrected chi connectivity index (χ0v) is 8.71. The van der Waals surface area contributed by atoms with Crippen molar-refractivity contribution < 1.29 is 17.9 Å². The highest BCUT2D eigenvalue weighted by Crippen LogP contribution is 2.14. The van der Waals surface area contributed by atoms with Crippen molar-refractivity contribution in [1.82, 2.24) is 4.31 Å². The number of hydrogen-bond acceptors (Lipinski definition) is 4. The highest BCUT2D eigenvalue weighted by atomic mass is 32.2. The predicted molar refractivity (Wildman–Crippen MR) is 47.8 cm³/mol. The van der Waals surface area contributed by atoms with Gasteiger partial charge in [0.2, 0.25) is 10.0 Å². The summed E-state index contributed by atoms with van der Waals surface area (Å²) in [6.07, 6.45) is 0.232. The molecular formula is C7H15NO4S. The maximum Gasteiger partial charge on any atom is 0.214 e. The van der Waals surface area contributed by atoms with Gasteiger partial charge in [-0.3, -0.25) is 0 Å². The molecule has 78 valence electrons. The van der Waals surface area contributed by atoms with Crippen LogP contribution in [-0.4, -0.2) is 52.1 Å². The van der Waals surface area contributed by atoms with Crippen molar-refractivity contribution in [1.29, 1.82) is 0 Å². The quantitative estimate of drug-likeness (QED) is 0.593. The van der Waals surface area contributed by atoms with Crippen LogP contribution < -0.4 is 0 Å². The van der Waals surface area contributed by atoms with Crippen LogP contribution in [0.25, 0.3) is 0 Å². The third kappa shape index (κ3) is 2.63. The van der Waals surface area contributed by atoms with E-state index in [-0.39, 0.29) is 12.3 Å². The average Bonchev–Trinajstić information content (AvgIpc) is 2.41. The minimum absolute atomic E-state index is 0.243. The summed E-state index contributed by atoms with van der Waals surface area (Å²) >= 11 is 0. The largest absolute Gasteiger partial charge is 0.355 e. The van der Waals surface area contributed by atoms with Crippen LogP contribution in [0.3, 0.4) is 0 Å². The summed E-state index contributed by atoms with van der Waals surface area (Å²) in [5.41, 5.74) is 0. The minimum Gasteiger partial charge on any atom is -0.355 e. The first-order valence-electron chi connectivity index (χ1n) is 4.13. The lowest BCUT2D eigenvalue weighted by Gasteiger charge is -2.19. The Labute approximate surface area is 78.7 Å². The molecule has 0 bridgehead atoms. The van der Waals surface area contributed by atoms with Crippen molar-refractivity contribution in [2.75, 3.05) is 33.1 Å². The molecule has 0 radical (unpaired) electrons. The van der Waals surface area contributed by atoms with E-state index in [0.717, 1.165) is 0 Å². The molecule has 1 rings (SSSR count). The first-order valence-corrected chi connectivity index (χ1v) is 5.74. The number of rotatable bonds is 4. The molecule has 6 heteroatoms. The SMILES string of the molecule is COC(CN1CCCS1(=O)=O)OC. The molecule has 1 heterocycles. The molecule has 13 heavy (non-hydrogen) atoms. The molecule has 1 fully saturated rings. The van der Waals surface area contributed by atoms with Crippen LogP contribution >= 0.6 is 0 Å². The fourth-order valence-corrected chi connectivity index (χ4v) is 2.82. The summed E-state index contributed by atoms with van der Waals surface area (Å²) in [7, 11) is -0.0352. The molecule has 1 aliphatic rings. The Kier molecular flexibility index (Phi) is 3.66. The van der Waals surface area contributed by atoms with Crippen molar-refractivity contribution in [3.05, 3.63) is 0 Å². The zero-order valence-electron chi connectivity index (χ0n) is 7.89. The van der Waals surface area contributed by atoms with E-state index in [1.807, 2.05) is 0 Å². The van der Waals surface area contributed by atoms with Crippen LogP contribution in [0.1, 0.15) is 6.42 Å². The number of ether oxygens (including phenoxy) is 2. The summed E-state index contributed by atoms with van der Waals surface area (Å²) in [5.74, 6) is 0.243. The summed E-state index contributed by atoms with van der Waals surface area (Å²) in [6.45, 7) is 0.862. The molecular weight excluding hydrogens is 194 g/mol. The van der Waals surface area contributed by atoms with E-state index in [0.29, 0.717) is 13.0 Å². The van der Waals surface area contributed by atoms with Gasteiger partial charge in [-0.25, -0.2) is 8.42 Å². The normalized spacial score (nSPS) is 22.7. The fraction of sp³-hybridized carbons (Fsp3) is 1.00. The second-order valence-corrected chi connectivity index (χ2v) is 5.02. The van der Waals surface area contributed by atoms with Crippen molar-refractivity contribution in [3.63, 3.8) is 0 Å². The number of sulfonamides is 1. The van der Waals surface area contributed by atoms with Gasteiger partial charge in [0, 0.05) is 20.8 Å². The van der Waals surface area contributed by atoms with Gasteiger partial charge in [-0.2, -0.15) is 4.31 Å². The first-order chi connectivity index (χ1) is 6.10. The lowest BCUT2D eigenvalue weighted by molar-refractivity contribution is -0.107. The monoisotopic (exact) mass is 209 g/mol. The second kappa shape index (κ2) is 4.36. The van der Waals surface area contributed by atoms with Crippen molar-refractivity contribution in [2.24, 2.45) is 0 Å². The third-order valence-electron chi connectivity index (χ3n) is 2.08. The summed E-state index contributed by atoms with van der Waals surface area (Å²) in [6, 6.07) is 0. The summed E-state index contributed by atoms with van der Waals surface area (Å²) in [5, 5.41) is 0. The Balaban J connectivity index is 2.53. The van der Waals surface area contributed by atoms with Gasteiger partial charge in [-0.15, -0.1) is 0 Å². The predicted octanol–water partition coefficient (Wildman–Crippen LogP) is -0.359. The van der Waals surface area contributed by atoms with E-state index in [1.54, 1.807) is 0 Å². The molecule has 1 aliphatic heterocycles. The Morgan fingerprint density at radius 3 is 2.38 bits per heavy atom. The van der Waals surface area contributed by atoms with Crippen LogP contribution in [0.15, 0.2) is 0 Å². The Bertz CT molecular complexity index is 247. The number of methoxy groups -OCH3 is 2. The molecule has 0 atom stereocenters. The molecule has 0 spiro atoms. The standard InChI is InChI=1S/C7H15NO4S/c1-11-7(12-2)6-8-4-3-5-13(8,9)10/h7H,3-6H2,1-2H3. The molecule has 0 unspecified atom stereocenters. The lowest BCUT2D eigenvalue weighted by Crippen LogP contribution is -2.35. The van der Waals surface area contributed by atoms with Gasteiger partial charge < -0.3 is 9.47 Å². The van der Waals surface area contributed by atoms with Gasteiger partial charge in [0.25, 0.3) is 0 Å². The summed E-state index contributed by atoms with van der Waals surface area (Å²) in [4.78, 5) is 0. The van der Waals surface area contributed by atoms with E-state index >= 15 is 0 Å². The molecule has 0 saturated carbocycles. The van der Waals surface area contributed by atoms with Crippen LogP contribution in [0.2, 0.25) is 0 Å². The van der Waals surface area contributed by atoms with Gasteiger partial charge in [0.15, 0.2) is 6.29 Å². The number of nitrogens with zero attached hydrogens (tertiary/aromatic N) is 1. The molecule has 0 aromatic heterocycles. The molecule has 0 amide bonds. The highest BCUT2D eigenvalue weighted by molar-refractivity contribution is 7.89. The smallest absolute Gasteiger partial charge is 0.214 e. The fourth-order valence-electron chi connectivity index (χ4n) is 1.31. The van der Waals surface area contributed by atoms with Gasteiger partial charge >= 0.3 is 0 Å². The zero-order chi connectivity index (χ0) is 9.90. The molecule has 0 aromatic carbocycles. The maximum atomic E-state index is 11.3. The lowest BCUT2D eigenvalue weighted by atomic mass is 10.5. The Morgan fingerprint density at radius 1 is 1.38 bits per heavy atom. The molecule has 0 N–H and O–H groups in total. The van der Waals surface area contributed by atoms with Crippen LogP contribution in [-0.2, 0) is 19.5 Å². The van der Waals surface area contributed by atoms with Crippen LogP contribution in [0, 0.1) is 0 Å². The van der Waals surface area contributed by atoms with Gasteiger partial charge in [-0.05, 0) is 6.42 Å². The maximum absolute atomic E-state index is 11.3. The van der Waals surface area contributed by atoms with Crippen molar-refractivity contribution in [3.8, 4) is 0 Å². The Hall–Kier alpha value is -0.170. The van der Waals surface area contributed by atoms with E-state index in [1.165, 1.54) is 18.5 Å². The van der Waals surface area contributed by atoms with Crippen molar-refractivity contribution >= 4 is 10.0 Å². The molecule has 0 aliphatic carbocycles. The van der Waals surface area contributed by atoms with Crippen LogP contribution in [0.5, 0.6) is 0 Å². The van der Waals surface area contributed by atoms with E-state index < -0.39 is 16.3 Å². The minimum atomic E-state index is -3.03. The van der Waals surface area contributed by atoms with Gasteiger partial charge in [0.1, 0.15) is 0 Å². The second-order valence-electron chi connectivity index (χ2n) is 2.93. The highest BCUT2D eigenvalue weighted by Gasteiger charge is 2.30. The van der Waals surface area contributed by atoms with E-state index in [9.17, 15) is 8.42 Å². The molecule has 1 saturated heterocycles. The van der Waals surface area contributed by atoms with Gasteiger partial charge in [0.05, 0.1) is 12.3 Å². The molecule has 5 nitrogen and oxygen atoms in total. The van der Waals surface area contributed by atoms with E-state index in [2.05, 4.69) is 0 Å². The number of hydrogen-bond donors (Lipinski definition) is 0. The van der Waals surface area contributed by atoms with Crippen LogP contribution in [0.4, 0.5) is 0 Å². The third-order valence-corrected chi connectivity index (χ3v) is 4.00. The molecule has 0 aromatic rings. The first kappa shape index (κ1) is 10.9. The topological polar surface area (TPSA) is 55.8 Å².